The molecule has 2 heterocycles. The summed E-state index contributed by atoms with van der Waals surface area (Å²) in [5.74, 6) is 0.192. The van der Waals surface area contributed by atoms with Gasteiger partial charge in [0, 0.05) is 16.9 Å². The van der Waals surface area contributed by atoms with Crippen LogP contribution >= 0.6 is 15.9 Å². The molecule has 0 aromatic carbocycles. The topological polar surface area (TPSA) is 52.1 Å². The molecule has 0 saturated carbocycles. The van der Waals surface area contributed by atoms with Gasteiger partial charge in [-0.15, -0.1) is 0 Å². The minimum Gasteiger partial charge on any atom is -0.494 e. The highest BCUT2D eigenvalue weighted by molar-refractivity contribution is 9.10. The van der Waals surface area contributed by atoms with E-state index in [2.05, 4.69) is 25.9 Å². The first-order valence-electron chi connectivity index (χ1n) is 4.87. The van der Waals surface area contributed by atoms with Crippen LogP contribution in [0.2, 0.25) is 0 Å². The summed E-state index contributed by atoms with van der Waals surface area (Å²) < 4.78 is 5.91. The second kappa shape index (κ2) is 5.05. The van der Waals surface area contributed by atoms with Crippen LogP contribution in [-0.2, 0) is 0 Å². The van der Waals surface area contributed by atoms with Crippen LogP contribution < -0.4 is 4.74 Å². The molecule has 0 saturated heterocycles. The number of carbonyl (C=O) groups is 1. The molecule has 2 rings (SSSR count). The highest BCUT2D eigenvalue weighted by Crippen LogP contribution is 2.18. The summed E-state index contributed by atoms with van der Waals surface area (Å²) in [5, 5.41) is 0. The standard InChI is InChI=1S/C12H9BrN2O2/c1-17-10-3-2-6-14-11(10)12(16)9-5-4-8(13)7-15-9/h2-7H,1H3. The molecule has 0 bridgehead atoms. The van der Waals surface area contributed by atoms with Crippen LogP contribution in [0, 0.1) is 0 Å². The summed E-state index contributed by atoms with van der Waals surface area (Å²) in [7, 11) is 1.50. The molecule has 0 aliphatic carbocycles. The largest absolute Gasteiger partial charge is 0.494 e. The van der Waals surface area contributed by atoms with Gasteiger partial charge in [0.1, 0.15) is 11.4 Å². The number of hydrogen-bond donors (Lipinski definition) is 0. The lowest BCUT2D eigenvalue weighted by Gasteiger charge is -2.05. The fourth-order valence-electron chi connectivity index (χ4n) is 1.36. The molecule has 0 N–H and O–H groups in total. The first kappa shape index (κ1) is 11.7. The van der Waals surface area contributed by atoms with Gasteiger partial charge in [-0.25, -0.2) is 4.98 Å². The van der Waals surface area contributed by atoms with Gasteiger partial charge in [0.05, 0.1) is 7.11 Å². The molecule has 86 valence electrons. The molecule has 0 spiro atoms. The molecule has 0 radical (unpaired) electrons. The van der Waals surface area contributed by atoms with Gasteiger partial charge in [0.2, 0.25) is 5.78 Å². The van der Waals surface area contributed by atoms with Crippen molar-refractivity contribution in [3.05, 3.63) is 52.5 Å². The number of ketones is 1. The Labute approximate surface area is 107 Å². The summed E-state index contributed by atoms with van der Waals surface area (Å²) in [6.07, 6.45) is 3.12. The van der Waals surface area contributed by atoms with Gasteiger partial charge in [-0.3, -0.25) is 9.78 Å². The molecule has 2 aromatic rings. The van der Waals surface area contributed by atoms with Crippen molar-refractivity contribution in [3.8, 4) is 5.75 Å². The van der Waals surface area contributed by atoms with E-state index >= 15 is 0 Å². The first-order valence-corrected chi connectivity index (χ1v) is 5.67. The number of pyridine rings is 2. The van der Waals surface area contributed by atoms with Crippen molar-refractivity contribution in [3.63, 3.8) is 0 Å². The molecule has 4 nitrogen and oxygen atoms in total. The van der Waals surface area contributed by atoms with Crippen LogP contribution in [0.4, 0.5) is 0 Å². The van der Waals surface area contributed by atoms with Crippen LogP contribution in [0.5, 0.6) is 5.75 Å². The Hall–Kier alpha value is -1.75. The van der Waals surface area contributed by atoms with E-state index in [9.17, 15) is 4.79 Å². The number of ether oxygens (including phenoxy) is 1. The predicted molar refractivity (Wildman–Crippen MR) is 66.2 cm³/mol. The molecule has 0 fully saturated rings. The average Bonchev–Trinajstić information content (AvgIpc) is 2.39. The number of rotatable bonds is 3. The van der Waals surface area contributed by atoms with Crippen LogP contribution in [-0.4, -0.2) is 22.9 Å². The van der Waals surface area contributed by atoms with Crippen LogP contribution in [0.3, 0.4) is 0 Å². The summed E-state index contributed by atoms with van der Waals surface area (Å²) >= 11 is 3.26. The van der Waals surface area contributed by atoms with Crippen LogP contribution in [0.1, 0.15) is 16.2 Å². The Morgan fingerprint density at radius 1 is 1.29 bits per heavy atom. The zero-order valence-corrected chi connectivity index (χ0v) is 10.6. The Kier molecular flexibility index (Phi) is 3.49. The van der Waals surface area contributed by atoms with E-state index in [4.69, 9.17) is 4.74 Å². The van der Waals surface area contributed by atoms with E-state index in [-0.39, 0.29) is 11.5 Å². The van der Waals surface area contributed by atoms with E-state index < -0.39 is 0 Å². The Morgan fingerprint density at radius 2 is 2.12 bits per heavy atom. The second-order valence-electron chi connectivity index (χ2n) is 3.25. The zero-order valence-electron chi connectivity index (χ0n) is 9.05. The van der Waals surface area contributed by atoms with Gasteiger partial charge in [-0.05, 0) is 40.2 Å². The van der Waals surface area contributed by atoms with Gasteiger partial charge in [0.15, 0.2) is 5.69 Å². The van der Waals surface area contributed by atoms with Gasteiger partial charge < -0.3 is 4.74 Å². The van der Waals surface area contributed by atoms with Crippen molar-refractivity contribution < 1.29 is 9.53 Å². The van der Waals surface area contributed by atoms with Gasteiger partial charge in [-0.1, -0.05) is 0 Å². The van der Waals surface area contributed by atoms with Gasteiger partial charge in [-0.2, -0.15) is 0 Å². The maximum atomic E-state index is 12.1. The monoisotopic (exact) mass is 292 g/mol. The van der Waals surface area contributed by atoms with Crippen molar-refractivity contribution in [2.24, 2.45) is 0 Å². The Morgan fingerprint density at radius 3 is 2.76 bits per heavy atom. The highest BCUT2D eigenvalue weighted by atomic mass is 79.9. The van der Waals surface area contributed by atoms with Crippen molar-refractivity contribution >= 4 is 21.7 Å². The van der Waals surface area contributed by atoms with Crippen molar-refractivity contribution in [2.45, 2.75) is 0 Å². The van der Waals surface area contributed by atoms with Crippen molar-refractivity contribution in [2.75, 3.05) is 7.11 Å². The normalized spacial score (nSPS) is 10.0. The molecule has 0 aliphatic heterocycles. The summed E-state index contributed by atoms with van der Waals surface area (Å²) in [6.45, 7) is 0. The summed E-state index contributed by atoms with van der Waals surface area (Å²) in [6, 6.07) is 6.81. The predicted octanol–water partition coefficient (Wildman–Crippen LogP) is 2.48. The maximum Gasteiger partial charge on any atom is 0.233 e. The summed E-state index contributed by atoms with van der Waals surface area (Å²) in [4.78, 5) is 20.2. The third-order valence-corrected chi connectivity index (χ3v) is 2.63. The van der Waals surface area contributed by atoms with Gasteiger partial charge >= 0.3 is 0 Å². The lowest BCUT2D eigenvalue weighted by molar-refractivity contribution is 0.102. The Balaban J connectivity index is 2.40. The van der Waals surface area contributed by atoms with E-state index in [0.717, 1.165) is 4.47 Å². The lowest BCUT2D eigenvalue weighted by atomic mass is 10.1. The quantitative estimate of drug-likeness (QED) is 0.816. The van der Waals surface area contributed by atoms with E-state index in [1.807, 2.05) is 0 Å². The Bertz CT molecular complexity index is 540. The fourth-order valence-corrected chi connectivity index (χ4v) is 1.59. The number of hydrogen-bond acceptors (Lipinski definition) is 4. The maximum absolute atomic E-state index is 12.1. The van der Waals surface area contributed by atoms with E-state index in [1.54, 1.807) is 36.7 Å². The number of halogens is 1. The third kappa shape index (κ3) is 2.50. The number of aromatic nitrogens is 2. The molecule has 0 aliphatic rings. The lowest BCUT2D eigenvalue weighted by Crippen LogP contribution is -2.08. The van der Waals surface area contributed by atoms with Crippen LogP contribution in [0.25, 0.3) is 0 Å². The molecular weight excluding hydrogens is 284 g/mol. The zero-order chi connectivity index (χ0) is 12.3. The SMILES string of the molecule is COc1cccnc1C(=O)c1ccc(Br)cn1. The number of carbonyl (C=O) groups excluding carboxylic acids is 1. The van der Waals surface area contributed by atoms with Gasteiger partial charge in [0.25, 0.3) is 0 Å². The molecule has 0 atom stereocenters. The van der Waals surface area contributed by atoms with E-state index in [0.29, 0.717) is 11.4 Å². The number of methoxy groups -OCH3 is 1. The smallest absolute Gasteiger partial charge is 0.233 e. The van der Waals surface area contributed by atoms with Crippen molar-refractivity contribution in [1.29, 1.82) is 0 Å². The van der Waals surface area contributed by atoms with Crippen LogP contribution in [0.15, 0.2) is 41.1 Å². The van der Waals surface area contributed by atoms with E-state index in [1.165, 1.54) is 7.11 Å². The molecule has 17 heavy (non-hydrogen) atoms. The van der Waals surface area contributed by atoms with Crippen molar-refractivity contribution in [1.82, 2.24) is 9.97 Å². The minimum absolute atomic E-state index is 0.255. The minimum atomic E-state index is -0.255. The molecule has 0 unspecified atom stereocenters. The summed E-state index contributed by atoms with van der Waals surface area (Å²) in [5.41, 5.74) is 0.607. The second-order valence-corrected chi connectivity index (χ2v) is 4.16. The fraction of sp³-hybridized carbons (Fsp3) is 0.0833. The highest BCUT2D eigenvalue weighted by Gasteiger charge is 2.16. The molecule has 2 aromatic heterocycles. The average molecular weight is 293 g/mol. The molecule has 0 amide bonds. The first-order chi connectivity index (χ1) is 8.22. The molecular formula is C12H9BrN2O2. The number of nitrogens with zero attached hydrogens (tertiary/aromatic N) is 2. The molecule has 5 heteroatoms. The third-order valence-electron chi connectivity index (χ3n) is 2.17.